The van der Waals surface area contributed by atoms with Crippen LogP contribution in [0.4, 0.5) is 0 Å². The Hall–Kier alpha value is -1.37. The largest absolute Gasteiger partial charge is 0.493 e. The molecule has 1 atom stereocenters. The zero-order chi connectivity index (χ0) is 15.0. The average Bonchev–Trinajstić information content (AvgIpc) is 2.44. The van der Waals surface area contributed by atoms with Crippen molar-refractivity contribution in [3.8, 4) is 23.8 Å². The van der Waals surface area contributed by atoms with Crippen molar-refractivity contribution in [1.82, 2.24) is 0 Å². The first-order valence-electron chi connectivity index (χ1n) is 6.80. The summed E-state index contributed by atoms with van der Waals surface area (Å²) in [6.45, 7) is 2.61. The van der Waals surface area contributed by atoms with Gasteiger partial charge in [-0.25, -0.2) is 0 Å². The Morgan fingerprint density at radius 1 is 1.45 bits per heavy atom. The summed E-state index contributed by atoms with van der Waals surface area (Å²) in [7, 11) is 1.60. The maximum Gasteiger partial charge on any atom is 0.164 e. The van der Waals surface area contributed by atoms with Crippen LogP contribution in [0.1, 0.15) is 31.7 Å². The van der Waals surface area contributed by atoms with Crippen molar-refractivity contribution in [1.29, 1.82) is 0 Å². The smallest absolute Gasteiger partial charge is 0.164 e. The summed E-state index contributed by atoms with van der Waals surface area (Å²) in [6, 6.07) is 3.71. The van der Waals surface area contributed by atoms with Crippen molar-refractivity contribution < 1.29 is 9.47 Å². The summed E-state index contributed by atoms with van der Waals surface area (Å²) in [5, 5.41) is 0.621. The van der Waals surface area contributed by atoms with Gasteiger partial charge in [0.05, 0.1) is 13.7 Å². The Morgan fingerprint density at radius 3 is 2.80 bits per heavy atom. The van der Waals surface area contributed by atoms with Crippen LogP contribution in [0.15, 0.2) is 12.1 Å². The second-order valence-corrected chi connectivity index (χ2v) is 5.06. The van der Waals surface area contributed by atoms with Crippen molar-refractivity contribution in [2.24, 2.45) is 5.73 Å². The standard InChI is InChI=1S/C16H22ClNO2/c1-4-6-7-8-20-16-12(10-14(18)5-2)9-13(17)11-15(16)19-3/h1,9,11,14H,5-8,10,18H2,2-3H3. The van der Waals surface area contributed by atoms with E-state index in [1.165, 1.54) is 0 Å². The summed E-state index contributed by atoms with van der Waals surface area (Å²) in [4.78, 5) is 0. The van der Waals surface area contributed by atoms with Gasteiger partial charge >= 0.3 is 0 Å². The first-order chi connectivity index (χ1) is 9.62. The second-order valence-electron chi connectivity index (χ2n) is 4.62. The molecule has 1 unspecified atom stereocenters. The molecule has 0 spiro atoms. The van der Waals surface area contributed by atoms with Crippen LogP contribution < -0.4 is 15.2 Å². The molecule has 0 heterocycles. The predicted molar refractivity (Wildman–Crippen MR) is 83.5 cm³/mol. The molecule has 0 radical (unpaired) electrons. The third kappa shape index (κ3) is 4.96. The Balaban J connectivity index is 2.93. The molecule has 110 valence electrons. The number of benzene rings is 1. The lowest BCUT2D eigenvalue weighted by molar-refractivity contribution is 0.287. The summed E-state index contributed by atoms with van der Waals surface area (Å²) in [5.74, 6) is 3.95. The molecule has 0 saturated carbocycles. The molecular formula is C16H22ClNO2. The van der Waals surface area contributed by atoms with Gasteiger partial charge in [-0.3, -0.25) is 0 Å². The SMILES string of the molecule is C#CCCCOc1c(CC(N)CC)cc(Cl)cc1OC. The average molecular weight is 296 g/mol. The van der Waals surface area contributed by atoms with E-state index in [4.69, 9.17) is 33.2 Å². The zero-order valence-corrected chi connectivity index (χ0v) is 12.9. The first-order valence-corrected chi connectivity index (χ1v) is 7.18. The van der Waals surface area contributed by atoms with Crippen LogP contribution in [-0.2, 0) is 6.42 Å². The molecule has 0 amide bonds. The zero-order valence-electron chi connectivity index (χ0n) is 12.1. The van der Waals surface area contributed by atoms with Gasteiger partial charge in [-0.15, -0.1) is 12.3 Å². The molecule has 3 nitrogen and oxygen atoms in total. The van der Waals surface area contributed by atoms with Gasteiger partial charge in [-0.05, 0) is 25.3 Å². The summed E-state index contributed by atoms with van der Waals surface area (Å²) < 4.78 is 11.2. The predicted octanol–water partition coefficient (Wildman–Crippen LogP) is 3.42. The minimum atomic E-state index is 0.0752. The Bertz CT molecular complexity index is 468. The van der Waals surface area contributed by atoms with Gasteiger partial charge in [0.15, 0.2) is 11.5 Å². The number of halogens is 1. The molecule has 0 aromatic heterocycles. The summed E-state index contributed by atoms with van der Waals surface area (Å²) >= 11 is 6.11. The van der Waals surface area contributed by atoms with E-state index in [1.807, 2.05) is 6.07 Å². The number of unbranched alkanes of at least 4 members (excludes halogenated alkanes) is 1. The number of methoxy groups -OCH3 is 1. The number of terminal acetylenes is 1. The minimum Gasteiger partial charge on any atom is -0.493 e. The lowest BCUT2D eigenvalue weighted by Crippen LogP contribution is -2.22. The van der Waals surface area contributed by atoms with Gasteiger partial charge in [0.2, 0.25) is 0 Å². The van der Waals surface area contributed by atoms with Gasteiger partial charge in [0.1, 0.15) is 0 Å². The molecule has 1 aromatic rings. The fourth-order valence-electron chi connectivity index (χ4n) is 1.87. The van der Waals surface area contributed by atoms with Gasteiger partial charge < -0.3 is 15.2 Å². The Morgan fingerprint density at radius 2 is 2.20 bits per heavy atom. The van der Waals surface area contributed by atoms with E-state index in [0.29, 0.717) is 30.2 Å². The van der Waals surface area contributed by atoms with Crippen LogP contribution in [0.5, 0.6) is 11.5 Å². The van der Waals surface area contributed by atoms with Gasteiger partial charge in [-0.2, -0.15) is 0 Å². The van der Waals surface area contributed by atoms with Crippen LogP contribution >= 0.6 is 11.6 Å². The number of ether oxygens (including phenoxy) is 2. The van der Waals surface area contributed by atoms with Gasteiger partial charge in [0, 0.05) is 29.1 Å². The number of nitrogens with two attached hydrogens (primary N) is 1. The van der Waals surface area contributed by atoms with Gasteiger partial charge in [0.25, 0.3) is 0 Å². The fraction of sp³-hybridized carbons (Fsp3) is 0.500. The highest BCUT2D eigenvalue weighted by Crippen LogP contribution is 2.35. The molecule has 0 saturated heterocycles. The highest BCUT2D eigenvalue weighted by molar-refractivity contribution is 6.30. The van der Waals surface area contributed by atoms with Crippen molar-refractivity contribution >= 4 is 11.6 Å². The van der Waals surface area contributed by atoms with Crippen molar-refractivity contribution in [3.05, 3.63) is 22.7 Å². The van der Waals surface area contributed by atoms with E-state index in [9.17, 15) is 0 Å². The molecule has 1 rings (SSSR count). The number of hydrogen-bond donors (Lipinski definition) is 1. The lowest BCUT2D eigenvalue weighted by atomic mass is 10.0. The monoisotopic (exact) mass is 295 g/mol. The lowest BCUT2D eigenvalue weighted by Gasteiger charge is -2.17. The highest BCUT2D eigenvalue weighted by atomic mass is 35.5. The number of hydrogen-bond acceptors (Lipinski definition) is 3. The van der Waals surface area contributed by atoms with Crippen molar-refractivity contribution in [2.75, 3.05) is 13.7 Å². The second kappa shape index (κ2) is 8.73. The first kappa shape index (κ1) is 16.7. The third-order valence-electron chi connectivity index (χ3n) is 3.03. The molecule has 0 fully saturated rings. The maximum atomic E-state index is 6.11. The molecule has 0 aliphatic carbocycles. The summed E-state index contributed by atoms with van der Waals surface area (Å²) in [5.41, 5.74) is 7.00. The Kier molecular flexibility index (Phi) is 7.28. The molecule has 2 N–H and O–H groups in total. The normalized spacial score (nSPS) is 11.8. The molecule has 1 aromatic carbocycles. The topological polar surface area (TPSA) is 44.5 Å². The molecule has 4 heteroatoms. The van der Waals surface area contributed by atoms with E-state index >= 15 is 0 Å². The van der Waals surface area contributed by atoms with Gasteiger partial charge in [-0.1, -0.05) is 18.5 Å². The maximum absolute atomic E-state index is 6.11. The molecule has 0 aliphatic rings. The number of rotatable bonds is 8. The van der Waals surface area contributed by atoms with Crippen LogP contribution in [0.2, 0.25) is 5.02 Å². The van der Waals surface area contributed by atoms with Crippen molar-refractivity contribution in [2.45, 2.75) is 38.6 Å². The quantitative estimate of drug-likeness (QED) is 0.590. The molecule has 0 bridgehead atoms. The molecule has 20 heavy (non-hydrogen) atoms. The highest BCUT2D eigenvalue weighted by Gasteiger charge is 2.15. The Labute approximate surface area is 126 Å². The summed E-state index contributed by atoms with van der Waals surface area (Å²) in [6.07, 6.45) is 8.34. The molecular weight excluding hydrogens is 274 g/mol. The van der Waals surface area contributed by atoms with E-state index in [0.717, 1.165) is 24.2 Å². The van der Waals surface area contributed by atoms with E-state index in [1.54, 1.807) is 13.2 Å². The fourth-order valence-corrected chi connectivity index (χ4v) is 2.10. The molecule has 0 aliphatic heterocycles. The van der Waals surface area contributed by atoms with E-state index in [2.05, 4.69) is 12.8 Å². The van der Waals surface area contributed by atoms with Crippen LogP contribution in [0.3, 0.4) is 0 Å². The minimum absolute atomic E-state index is 0.0752. The third-order valence-corrected chi connectivity index (χ3v) is 3.25. The van der Waals surface area contributed by atoms with E-state index < -0.39 is 0 Å². The van der Waals surface area contributed by atoms with Crippen molar-refractivity contribution in [3.63, 3.8) is 0 Å². The van der Waals surface area contributed by atoms with Crippen LogP contribution in [0.25, 0.3) is 0 Å². The van der Waals surface area contributed by atoms with E-state index in [-0.39, 0.29) is 6.04 Å². The van der Waals surface area contributed by atoms with Crippen LogP contribution in [-0.4, -0.2) is 19.8 Å². The van der Waals surface area contributed by atoms with Crippen LogP contribution in [0, 0.1) is 12.3 Å².